The molecule has 4 nitrogen and oxygen atoms in total. The van der Waals surface area contributed by atoms with Gasteiger partial charge in [0.15, 0.2) is 0 Å². The van der Waals surface area contributed by atoms with E-state index in [1.807, 2.05) is 0 Å². The molecule has 0 radical (unpaired) electrons. The van der Waals surface area contributed by atoms with Crippen LogP contribution < -0.4 is 5.32 Å². The van der Waals surface area contributed by atoms with Crippen molar-refractivity contribution in [3.8, 4) is 0 Å². The monoisotopic (exact) mass is 452 g/mol. The Hall–Kier alpha value is -2.24. The lowest BCUT2D eigenvalue weighted by molar-refractivity contribution is -0.141. The lowest BCUT2D eigenvalue weighted by Gasteiger charge is -2.45. The first kappa shape index (κ1) is 23.9. The topological polar surface area (TPSA) is 52.6 Å². The average molecular weight is 453 g/mol. The summed E-state index contributed by atoms with van der Waals surface area (Å²) in [5, 5.41) is 14.7. The van der Waals surface area contributed by atoms with E-state index in [-0.39, 0.29) is 17.6 Å². The van der Waals surface area contributed by atoms with Crippen LogP contribution in [0.1, 0.15) is 56.1 Å². The van der Waals surface area contributed by atoms with Crippen molar-refractivity contribution in [3.63, 3.8) is 0 Å². The van der Waals surface area contributed by atoms with Crippen molar-refractivity contribution in [1.82, 2.24) is 4.90 Å². The molecule has 1 amide bonds. The van der Waals surface area contributed by atoms with Crippen LogP contribution >= 0.6 is 0 Å². The van der Waals surface area contributed by atoms with Gasteiger partial charge in [0.05, 0.1) is 11.5 Å². The maximum atomic E-state index is 13.4. The van der Waals surface area contributed by atoms with Crippen molar-refractivity contribution in [3.05, 3.63) is 65.5 Å². The fourth-order valence-corrected chi connectivity index (χ4v) is 5.75. The van der Waals surface area contributed by atoms with E-state index >= 15 is 0 Å². The summed E-state index contributed by atoms with van der Waals surface area (Å²) < 4.78 is 13.3. The van der Waals surface area contributed by atoms with E-state index in [0.29, 0.717) is 18.5 Å². The molecule has 2 N–H and O–H groups in total. The highest BCUT2D eigenvalue weighted by Crippen LogP contribution is 2.41. The maximum absolute atomic E-state index is 13.4. The third-order valence-electron chi connectivity index (χ3n) is 7.62. The molecule has 1 atom stereocenters. The van der Waals surface area contributed by atoms with E-state index in [4.69, 9.17) is 0 Å². The fraction of sp³-hybridized carbons (Fsp3) is 0.536. The Morgan fingerprint density at radius 2 is 1.82 bits per heavy atom. The molecule has 33 heavy (non-hydrogen) atoms. The quantitative estimate of drug-likeness (QED) is 0.596. The summed E-state index contributed by atoms with van der Waals surface area (Å²) in [6.45, 7) is 4.69. The van der Waals surface area contributed by atoms with Gasteiger partial charge < -0.3 is 15.3 Å². The lowest BCUT2D eigenvalue weighted by atomic mass is 9.68. The summed E-state index contributed by atoms with van der Waals surface area (Å²) in [7, 11) is 0. The molecule has 0 spiro atoms. The van der Waals surface area contributed by atoms with Gasteiger partial charge in [-0.1, -0.05) is 49.1 Å². The van der Waals surface area contributed by atoms with Gasteiger partial charge in [-0.3, -0.25) is 4.79 Å². The average Bonchev–Trinajstić information content (AvgIpc) is 2.81. The second kappa shape index (κ2) is 10.8. The Kier molecular flexibility index (Phi) is 7.82. The second-order valence-electron chi connectivity index (χ2n) is 10.1. The van der Waals surface area contributed by atoms with Gasteiger partial charge in [0.1, 0.15) is 5.82 Å². The summed E-state index contributed by atoms with van der Waals surface area (Å²) in [5.41, 5.74) is 2.21. The van der Waals surface area contributed by atoms with E-state index in [1.165, 1.54) is 29.7 Å². The van der Waals surface area contributed by atoms with E-state index in [0.717, 1.165) is 51.7 Å². The minimum Gasteiger partial charge on any atom is -0.389 e. The summed E-state index contributed by atoms with van der Waals surface area (Å²) in [6, 6.07) is 14.5. The first-order valence-electron chi connectivity index (χ1n) is 12.5. The highest BCUT2D eigenvalue weighted by Gasteiger charge is 2.47. The van der Waals surface area contributed by atoms with Crippen LogP contribution in [-0.2, 0) is 11.2 Å². The summed E-state index contributed by atoms with van der Waals surface area (Å²) >= 11 is 0. The summed E-state index contributed by atoms with van der Waals surface area (Å²) in [6.07, 6.45) is 7.62. The number of carbonyl (C=O) groups excluding carboxylic acids is 1. The Labute approximate surface area is 197 Å². The number of hydrogen-bond donors (Lipinski definition) is 2. The molecular weight excluding hydrogens is 415 g/mol. The van der Waals surface area contributed by atoms with Crippen LogP contribution in [0.5, 0.6) is 0 Å². The molecule has 1 aliphatic carbocycles. The number of aryl methyl sites for hydroxylation is 1. The molecule has 2 aromatic rings. The Bertz CT molecular complexity index is 916. The predicted octanol–water partition coefficient (Wildman–Crippen LogP) is 5.34. The van der Waals surface area contributed by atoms with Gasteiger partial charge in [0.2, 0.25) is 5.91 Å². The fourth-order valence-electron chi connectivity index (χ4n) is 5.75. The number of nitrogens with one attached hydrogen (secondary N) is 1. The molecule has 0 aromatic heterocycles. The van der Waals surface area contributed by atoms with Crippen LogP contribution in [0.2, 0.25) is 0 Å². The zero-order chi connectivity index (χ0) is 23.3. The molecular formula is C28H37FN2O2. The van der Waals surface area contributed by atoms with Crippen molar-refractivity contribution in [2.24, 2.45) is 11.8 Å². The molecule has 1 heterocycles. The molecule has 1 saturated carbocycles. The van der Waals surface area contributed by atoms with Crippen LogP contribution in [0.25, 0.3) is 0 Å². The van der Waals surface area contributed by atoms with Crippen molar-refractivity contribution >= 4 is 11.6 Å². The molecule has 2 fully saturated rings. The molecule has 1 unspecified atom stereocenters. The first-order valence-corrected chi connectivity index (χ1v) is 12.5. The number of rotatable bonds is 7. The standard InChI is InChI=1S/C28H37FN2O2/c1-21-6-5-7-22(20-21)14-17-31-18-15-28(33,16-19-31)26(23-8-3-2-4-9-23)27(32)30-25-12-10-24(29)11-13-25/h5-7,10-13,20,23,26,33H,2-4,8-9,14-19H2,1H3,(H,30,32). The Morgan fingerprint density at radius 1 is 1.12 bits per heavy atom. The number of carbonyl (C=O) groups is 1. The van der Waals surface area contributed by atoms with Crippen LogP contribution in [0, 0.1) is 24.6 Å². The van der Waals surface area contributed by atoms with Crippen molar-refractivity contribution in [2.75, 3.05) is 25.0 Å². The van der Waals surface area contributed by atoms with E-state index in [9.17, 15) is 14.3 Å². The predicted molar refractivity (Wildman–Crippen MR) is 131 cm³/mol. The number of piperidine rings is 1. The van der Waals surface area contributed by atoms with Crippen molar-refractivity contribution in [2.45, 2.75) is 63.9 Å². The van der Waals surface area contributed by atoms with Gasteiger partial charge in [0.25, 0.3) is 0 Å². The third-order valence-corrected chi connectivity index (χ3v) is 7.62. The molecule has 1 aliphatic heterocycles. The zero-order valence-electron chi connectivity index (χ0n) is 19.7. The van der Waals surface area contributed by atoms with Crippen molar-refractivity contribution in [1.29, 1.82) is 0 Å². The number of likely N-dealkylation sites (tertiary alicyclic amines) is 1. The number of aliphatic hydroxyl groups is 1. The smallest absolute Gasteiger partial charge is 0.230 e. The van der Waals surface area contributed by atoms with E-state index < -0.39 is 11.5 Å². The number of anilines is 1. The Morgan fingerprint density at radius 3 is 2.48 bits per heavy atom. The zero-order valence-corrected chi connectivity index (χ0v) is 19.7. The third kappa shape index (κ3) is 6.21. The maximum Gasteiger partial charge on any atom is 0.230 e. The number of hydrogen-bond acceptors (Lipinski definition) is 3. The van der Waals surface area contributed by atoms with E-state index in [1.54, 1.807) is 12.1 Å². The molecule has 1 saturated heterocycles. The SMILES string of the molecule is Cc1cccc(CCN2CCC(O)(C(C(=O)Nc3ccc(F)cc3)C3CCCCC3)CC2)c1. The highest BCUT2D eigenvalue weighted by molar-refractivity contribution is 5.93. The van der Waals surface area contributed by atoms with E-state index in [2.05, 4.69) is 41.4 Å². The molecule has 4 rings (SSSR count). The van der Waals surface area contributed by atoms with Crippen LogP contribution in [-0.4, -0.2) is 41.1 Å². The van der Waals surface area contributed by atoms with Gasteiger partial charge in [-0.25, -0.2) is 4.39 Å². The highest BCUT2D eigenvalue weighted by atomic mass is 19.1. The number of benzene rings is 2. The first-order chi connectivity index (χ1) is 15.9. The van der Waals surface area contributed by atoms with Gasteiger partial charge in [-0.15, -0.1) is 0 Å². The molecule has 5 heteroatoms. The molecule has 178 valence electrons. The minimum atomic E-state index is -0.994. The van der Waals surface area contributed by atoms with Crippen LogP contribution in [0.15, 0.2) is 48.5 Å². The molecule has 2 aliphatic rings. The van der Waals surface area contributed by atoms with Gasteiger partial charge >= 0.3 is 0 Å². The summed E-state index contributed by atoms with van der Waals surface area (Å²) in [5.74, 6) is -0.678. The summed E-state index contributed by atoms with van der Waals surface area (Å²) in [4.78, 5) is 15.9. The lowest BCUT2D eigenvalue weighted by Crippen LogP contribution is -2.55. The number of halogens is 1. The van der Waals surface area contributed by atoms with Crippen molar-refractivity contribution < 1.29 is 14.3 Å². The van der Waals surface area contributed by atoms with Crippen LogP contribution in [0.4, 0.5) is 10.1 Å². The normalized spacial score (nSPS) is 20.3. The van der Waals surface area contributed by atoms with Gasteiger partial charge in [-0.05, 0) is 74.8 Å². The number of nitrogens with zero attached hydrogens (tertiary/aromatic N) is 1. The van der Waals surface area contributed by atoms with Gasteiger partial charge in [0, 0.05) is 25.3 Å². The number of amides is 1. The second-order valence-corrected chi connectivity index (χ2v) is 10.1. The van der Waals surface area contributed by atoms with Crippen LogP contribution in [0.3, 0.4) is 0 Å². The molecule has 0 bridgehead atoms. The minimum absolute atomic E-state index is 0.121. The van der Waals surface area contributed by atoms with Gasteiger partial charge in [-0.2, -0.15) is 0 Å². The Balaban J connectivity index is 1.41. The largest absolute Gasteiger partial charge is 0.389 e. The molecule has 2 aromatic carbocycles.